The summed E-state index contributed by atoms with van der Waals surface area (Å²) < 4.78 is 0. The highest BCUT2D eigenvalue weighted by Gasteiger charge is 2.22. The number of primary amides is 1. The van der Waals surface area contributed by atoms with E-state index in [1.165, 1.54) is 11.8 Å². The Labute approximate surface area is 163 Å². The maximum Gasteiger partial charge on any atom is 0.271 e. The molecule has 2 aromatic rings. The number of amides is 1. The summed E-state index contributed by atoms with van der Waals surface area (Å²) in [4.78, 5) is 20.5. The molecule has 0 spiro atoms. The van der Waals surface area contributed by atoms with Crippen LogP contribution in [0.1, 0.15) is 41.7 Å². The molecule has 1 aromatic carbocycles. The molecule has 1 saturated carbocycles. The van der Waals surface area contributed by atoms with Crippen molar-refractivity contribution in [2.24, 2.45) is 11.5 Å². The number of anilines is 3. The van der Waals surface area contributed by atoms with Crippen molar-refractivity contribution in [3.05, 3.63) is 41.7 Å². The van der Waals surface area contributed by atoms with Gasteiger partial charge in [0.15, 0.2) is 11.5 Å². The lowest BCUT2D eigenvalue weighted by molar-refractivity contribution is 0.0996. The van der Waals surface area contributed by atoms with Gasteiger partial charge in [0.25, 0.3) is 5.91 Å². The second-order valence-corrected chi connectivity index (χ2v) is 7.64. The molecule has 27 heavy (non-hydrogen) atoms. The number of benzene rings is 1. The Morgan fingerprint density at radius 2 is 2.00 bits per heavy atom. The van der Waals surface area contributed by atoms with Gasteiger partial charge in [0.2, 0.25) is 0 Å². The highest BCUT2D eigenvalue weighted by molar-refractivity contribution is 7.97. The summed E-state index contributed by atoms with van der Waals surface area (Å²) >= 11 is 1.77. The van der Waals surface area contributed by atoms with Crippen molar-refractivity contribution >= 4 is 35.0 Å². The second-order valence-electron chi connectivity index (χ2n) is 6.77. The molecule has 6 N–H and O–H groups in total. The molecule has 0 saturated heterocycles. The second kappa shape index (κ2) is 9.05. The van der Waals surface area contributed by atoms with Gasteiger partial charge in [-0.3, -0.25) is 4.79 Å². The molecule has 8 heteroatoms. The van der Waals surface area contributed by atoms with E-state index in [0.29, 0.717) is 11.6 Å². The largest absolute Gasteiger partial charge is 0.364 e. The standard InChI is InChI=1S/C19H26N6OS/c1-27-11-12-6-8-13(9-7-12)23-19-17(18(21)26)22-10-16(25-19)24-15-5-3-2-4-14(15)20/h6-10,14-15H,2-5,11,20H2,1H3,(H2,21,26)(H2,23,24,25)/t14-,15+/m0/s1. The van der Waals surface area contributed by atoms with Crippen LogP contribution in [0.25, 0.3) is 0 Å². The summed E-state index contributed by atoms with van der Waals surface area (Å²) in [7, 11) is 0. The molecule has 1 fully saturated rings. The van der Waals surface area contributed by atoms with Crippen molar-refractivity contribution in [1.82, 2.24) is 9.97 Å². The van der Waals surface area contributed by atoms with Crippen LogP contribution in [0, 0.1) is 0 Å². The summed E-state index contributed by atoms with van der Waals surface area (Å²) in [6.07, 6.45) is 7.90. The first-order chi connectivity index (χ1) is 13.1. The van der Waals surface area contributed by atoms with Crippen LogP contribution in [0.15, 0.2) is 30.5 Å². The number of thioether (sulfide) groups is 1. The van der Waals surface area contributed by atoms with Crippen LogP contribution >= 0.6 is 11.8 Å². The van der Waals surface area contributed by atoms with Crippen molar-refractivity contribution in [3.63, 3.8) is 0 Å². The van der Waals surface area contributed by atoms with Crippen LogP contribution < -0.4 is 22.1 Å². The van der Waals surface area contributed by atoms with Gasteiger partial charge in [0.05, 0.1) is 6.20 Å². The van der Waals surface area contributed by atoms with Crippen LogP contribution in [0.2, 0.25) is 0 Å². The Morgan fingerprint density at radius 3 is 2.67 bits per heavy atom. The number of hydrogen-bond donors (Lipinski definition) is 4. The van der Waals surface area contributed by atoms with Crippen molar-refractivity contribution in [2.75, 3.05) is 16.9 Å². The zero-order chi connectivity index (χ0) is 19.2. The van der Waals surface area contributed by atoms with Gasteiger partial charge in [-0.05, 0) is 36.8 Å². The zero-order valence-corrected chi connectivity index (χ0v) is 16.3. The first kappa shape index (κ1) is 19.4. The van der Waals surface area contributed by atoms with Gasteiger partial charge in [-0.2, -0.15) is 11.8 Å². The molecule has 2 atom stereocenters. The summed E-state index contributed by atoms with van der Waals surface area (Å²) in [6.45, 7) is 0. The third-order valence-electron chi connectivity index (χ3n) is 4.69. The van der Waals surface area contributed by atoms with Crippen LogP contribution in [0.4, 0.5) is 17.3 Å². The molecule has 7 nitrogen and oxygen atoms in total. The van der Waals surface area contributed by atoms with Crippen molar-refractivity contribution in [3.8, 4) is 0 Å². The number of nitrogens with two attached hydrogens (primary N) is 2. The van der Waals surface area contributed by atoms with Gasteiger partial charge >= 0.3 is 0 Å². The fraction of sp³-hybridized carbons (Fsp3) is 0.421. The molecule has 1 amide bonds. The zero-order valence-electron chi connectivity index (χ0n) is 15.4. The van der Waals surface area contributed by atoms with E-state index >= 15 is 0 Å². The fourth-order valence-corrected chi connectivity index (χ4v) is 3.77. The molecule has 3 rings (SSSR count). The molecule has 1 aliphatic rings. The van der Waals surface area contributed by atoms with E-state index in [1.807, 2.05) is 24.3 Å². The Hall–Kier alpha value is -2.32. The van der Waals surface area contributed by atoms with Gasteiger partial charge in [-0.1, -0.05) is 25.0 Å². The molecule has 0 radical (unpaired) electrons. The molecule has 144 valence electrons. The van der Waals surface area contributed by atoms with Crippen molar-refractivity contribution in [2.45, 2.75) is 43.5 Å². The van der Waals surface area contributed by atoms with Gasteiger partial charge in [0.1, 0.15) is 5.82 Å². The molecule has 0 aliphatic heterocycles. The van der Waals surface area contributed by atoms with Gasteiger partial charge < -0.3 is 22.1 Å². The van der Waals surface area contributed by atoms with Crippen LogP contribution in [0.5, 0.6) is 0 Å². The lowest BCUT2D eigenvalue weighted by atomic mass is 9.91. The molecular formula is C19H26N6OS. The topological polar surface area (TPSA) is 119 Å². The van der Waals surface area contributed by atoms with Crippen LogP contribution in [-0.4, -0.2) is 34.2 Å². The molecule has 0 unspecified atom stereocenters. The molecule has 0 bridgehead atoms. The SMILES string of the molecule is CSCc1ccc(Nc2nc(N[C@@H]3CCCC[C@@H]3N)cnc2C(N)=O)cc1. The predicted molar refractivity (Wildman–Crippen MR) is 111 cm³/mol. The third kappa shape index (κ3) is 5.11. The number of carbonyl (C=O) groups is 1. The van der Waals surface area contributed by atoms with E-state index in [-0.39, 0.29) is 17.8 Å². The molecular weight excluding hydrogens is 360 g/mol. The van der Waals surface area contributed by atoms with Gasteiger partial charge in [0, 0.05) is 23.5 Å². The third-order valence-corrected chi connectivity index (χ3v) is 5.31. The summed E-state index contributed by atoms with van der Waals surface area (Å²) in [5, 5.41) is 6.51. The van der Waals surface area contributed by atoms with E-state index in [4.69, 9.17) is 11.5 Å². The summed E-state index contributed by atoms with van der Waals surface area (Å²) in [6, 6.07) is 8.24. The van der Waals surface area contributed by atoms with E-state index in [9.17, 15) is 4.79 Å². The highest BCUT2D eigenvalue weighted by Crippen LogP contribution is 2.23. The lowest BCUT2D eigenvalue weighted by Gasteiger charge is -2.29. The van der Waals surface area contributed by atoms with Gasteiger partial charge in [-0.25, -0.2) is 9.97 Å². The monoisotopic (exact) mass is 386 g/mol. The first-order valence-corrected chi connectivity index (χ1v) is 10.5. The average Bonchev–Trinajstić information content (AvgIpc) is 2.65. The number of nitrogens with one attached hydrogen (secondary N) is 2. The highest BCUT2D eigenvalue weighted by atomic mass is 32.2. The Bertz CT molecular complexity index is 782. The number of hydrogen-bond acceptors (Lipinski definition) is 7. The minimum atomic E-state index is -0.620. The summed E-state index contributed by atoms with van der Waals surface area (Å²) in [5.74, 6) is 1.26. The fourth-order valence-electron chi connectivity index (χ4n) is 3.24. The average molecular weight is 387 g/mol. The van der Waals surface area contributed by atoms with Crippen molar-refractivity contribution < 1.29 is 4.79 Å². The normalized spacial score (nSPS) is 19.5. The smallest absolute Gasteiger partial charge is 0.271 e. The number of rotatable bonds is 7. The maximum atomic E-state index is 11.7. The molecule has 1 aliphatic carbocycles. The number of carbonyl (C=O) groups excluding carboxylic acids is 1. The minimum absolute atomic E-state index is 0.0942. The summed E-state index contributed by atoms with van der Waals surface area (Å²) in [5.41, 5.74) is 13.8. The molecule has 1 aromatic heterocycles. The van der Waals surface area contributed by atoms with Crippen LogP contribution in [0.3, 0.4) is 0 Å². The molecule has 1 heterocycles. The Morgan fingerprint density at radius 1 is 1.26 bits per heavy atom. The Balaban J connectivity index is 1.80. The van der Waals surface area contributed by atoms with E-state index < -0.39 is 5.91 Å². The number of aromatic nitrogens is 2. The predicted octanol–water partition coefficient (Wildman–Crippen LogP) is 2.86. The van der Waals surface area contributed by atoms with Crippen LogP contribution in [-0.2, 0) is 5.75 Å². The van der Waals surface area contributed by atoms with E-state index in [0.717, 1.165) is 37.1 Å². The quantitative estimate of drug-likeness (QED) is 0.577. The van der Waals surface area contributed by atoms with E-state index in [2.05, 4.69) is 26.9 Å². The number of nitrogens with zero attached hydrogens (tertiary/aromatic N) is 2. The Kier molecular flexibility index (Phi) is 6.52. The van der Waals surface area contributed by atoms with E-state index in [1.54, 1.807) is 11.8 Å². The maximum absolute atomic E-state index is 11.7. The lowest BCUT2D eigenvalue weighted by Crippen LogP contribution is -2.42. The first-order valence-electron chi connectivity index (χ1n) is 9.10. The minimum Gasteiger partial charge on any atom is -0.364 e. The van der Waals surface area contributed by atoms with Gasteiger partial charge in [-0.15, -0.1) is 0 Å². The van der Waals surface area contributed by atoms with Crippen molar-refractivity contribution in [1.29, 1.82) is 0 Å².